The lowest BCUT2D eigenvalue weighted by atomic mass is 10.2. The largest absolute Gasteiger partial charge is 0.306 e. The van der Waals surface area contributed by atoms with Gasteiger partial charge < -0.3 is 10.6 Å². The fraction of sp³-hybridized carbons (Fsp3) is 0.385. The summed E-state index contributed by atoms with van der Waals surface area (Å²) in [5.41, 5.74) is 1.92. The smallest absolute Gasteiger partial charge is 0.241 e. The summed E-state index contributed by atoms with van der Waals surface area (Å²) >= 11 is 1.36. The van der Waals surface area contributed by atoms with E-state index in [0.29, 0.717) is 5.13 Å². The second kappa shape index (κ2) is 6.69. The number of hydrogen-bond donors (Lipinski definition) is 2. The molecule has 0 atom stereocenters. The van der Waals surface area contributed by atoms with Crippen LogP contribution >= 0.6 is 11.3 Å². The highest BCUT2D eigenvalue weighted by atomic mass is 32.2. The minimum atomic E-state index is -3.48. The molecule has 0 fully saturated rings. The first kappa shape index (κ1) is 16.8. The Morgan fingerprint density at radius 3 is 2.82 bits per heavy atom. The summed E-state index contributed by atoms with van der Waals surface area (Å²) in [5, 5.41) is 5.66. The molecule has 120 valence electrons. The topological polar surface area (TPSA) is 91.4 Å². The molecule has 0 radical (unpaired) electrons. The van der Waals surface area contributed by atoms with Gasteiger partial charge >= 0.3 is 0 Å². The van der Waals surface area contributed by atoms with Crippen LogP contribution in [0, 0.1) is 6.92 Å². The molecule has 2 rings (SSSR count). The number of fused-ring (bicyclic) bond motifs is 1. The van der Waals surface area contributed by atoms with Gasteiger partial charge in [0.05, 0.1) is 16.8 Å². The molecule has 1 amide bonds. The van der Waals surface area contributed by atoms with E-state index in [9.17, 15) is 13.2 Å². The van der Waals surface area contributed by atoms with E-state index in [1.807, 2.05) is 25.1 Å². The number of carbonyl (C=O) groups excluding carboxylic acids is 1. The van der Waals surface area contributed by atoms with Gasteiger partial charge in [-0.25, -0.2) is 13.4 Å². The van der Waals surface area contributed by atoms with Crippen molar-refractivity contribution in [2.75, 3.05) is 31.8 Å². The van der Waals surface area contributed by atoms with Gasteiger partial charge in [0.1, 0.15) is 5.88 Å². The Morgan fingerprint density at radius 1 is 1.41 bits per heavy atom. The zero-order valence-corrected chi connectivity index (χ0v) is 14.2. The molecule has 7 nitrogen and oxygen atoms in total. The first-order valence-corrected chi connectivity index (χ1v) is 9.00. The van der Waals surface area contributed by atoms with E-state index in [2.05, 4.69) is 15.6 Å². The maximum absolute atomic E-state index is 11.9. The molecule has 0 saturated carbocycles. The Labute approximate surface area is 133 Å². The lowest BCUT2D eigenvalue weighted by Crippen LogP contribution is -2.38. The maximum atomic E-state index is 11.9. The summed E-state index contributed by atoms with van der Waals surface area (Å²) < 4.78 is 25.5. The monoisotopic (exact) mass is 342 g/mol. The first-order chi connectivity index (χ1) is 10.3. The van der Waals surface area contributed by atoms with Gasteiger partial charge in [-0.2, -0.15) is 4.31 Å². The third-order valence-electron chi connectivity index (χ3n) is 2.96. The quantitative estimate of drug-likeness (QED) is 0.817. The first-order valence-electron chi connectivity index (χ1n) is 6.57. The predicted octanol–water partition coefficient (Wildman–Crippen LogP) is 0.982. The van der Waals surface area contributed by atoms with Gasteiger partial charge in [-0.15, -0.1) is 0 Å². The number of thiazole rings is 1. The minimum Gasteiger partial charge on any atom is -0.306 e. The number of aryl methyl sites for hydroxylation is 1. The highest BCUT2D eigenvalue weighted by Crippen LogP contribution is 2.26. The van der Waals surface area contributed by atoms with Gasteiger partial charge in [-0.3, -0.25) is 4.79 Å². The van der Waals surface area contributed by atoms with Crippen LogP contribution in [0.25, 0.3) is 10.2 Å². The lowest BCUT2D eigenvalue weighted by Gasteiger charge is -2.15. The van der Waals surface area contributed by atoms with Gasteiger partial charge in [-0.05, 0) is 31.7 Å². The van der Waals surface area contributed by atoms with Crippen molar-refractivity contribution in [3.63, 3.8) is 0 Å². The van der Waals surface area contributed by atoms with Crippen molar-refractivity contribution in [3.8, 4) is 0 Å². The van der Waals surface area contributed by atoms with E-state index in [1.165, 1.54) is 25.4 Å². The summed E-state index contributed by atoms with van der Waals surface area (Å²) in [6, 6.07) is 5.83. The van der Waals surface area contributed by atoms with Crippen LogP contribution in [0.15, 0.2) is 18.2 Å². The van der Waals surface area contributed by atoms with E-state index in [-0.39, 0.29) is 12.4 Å². The van der Waals surface area contributed by atoms with E-state index in [1.54, 1.807) is 0 Å². The van der Waals surface area contributed by atoms with Gasteiger partial charge in [-0.1, -0.05) is 17.4 Å². The molecular weight excluding hydrogens is 324 g/mol. The van der Waals surface area contributed by atoms with Gasteiger partial charge in [0.15, 0.2) is 5.13 Å². The van der Waals surface area contributed by atoms with Gasteiger partial charge in [0.2, 0.25) is 15.9 Å². The molecule has 1 aromatic carbocycles. The van der Waals surface area contributed by atoms with Crippen molar-refractivity contribution in [2.45, 2.75) is 6.92 Å². The number of aromatic nitrogens is 1. The van der Waals surface area contributed by atoms with Crippen LogP contribution in [-0.2, 0) is 14.8 Å². The fourth-order valence-electron chi connectivity index (χ4n) is 1.84. The molecule has 22 heavy (non-hydrogen) atoms. The number of sulfonamides is 1. The zero-order valence-electron chi connectivity index (χ0n) is 12.6. The van der Waals surface area contributed by atoms with E-state index < -0.39 is 15.9 Å². The van der Waals surface area contributed by atoms with E-state index in [4.69, 9.17) is 0 Å². The van der Waals surface area contributed by atoms with Gasteiger partial charge in [0.25, 0.3) is 0 Å². The zero-order chi connectivity index (χ0) is 16.3. The molecular formula is C13H18N4O3S2. The van der Waals surface area contributed by atoms with Crippen LogP contribution in [-0.4, -0.2) is 50.1 Å². The molecule has 1 heterocycles. The molecule has 0 aliphatic heterocycles. The molecule has 0 aliphatic rings. The third kappa shape index (κ3) is 4.01. The molecule has 0 aliphatic carbocycles. The van der Waals surface area contributed by atoms with Crippen LogP contribution in [0.2, 0.25) is 0 Å². The molecule has 1 aromatic heterocycles. The molecule has 0 unspecified atom stereocenters. The molecule has 2 aromatic rings. The predicted molar refractivity (Wildman–Crippen MR) is 88.5 cm³/mol. The van der Waals surface area contributed by atoms with Crippen LogP contribution in [0.1, 0.15) is 5.56 Å². The van der Waals surface area contributed by atoms with E-state index in [0.717, 1.165) is 20.1 Å². The summed E-state index contributed by atoms with van der Waals surface area (Å²) in [6.07, 6.45) is 0. The lowest BCUT2D eigenvalue weighted by molar-refractivity contribution is -0.116. The number of amides is 1. The Bertz CT molecular complexity index is 786. The molecule has 0 saturated heterocycles. The minimum absolute atomic E-state index is 0.211. The van der Waals surface area contributed by atoms with Crippen molar-refractivity contribution < 1.29 is 13.2 Å². The number of rotatable bonds is 6. The van der Waals surface area contributed by atoms with Crippen molar-refractivity contribution in [2.24, 2.45) is 0 Å². The Morgan fingerprint density at radius 2 is 2.14 bits per heavy atom. The van der Waals surface area contributed by atoms with Crippen molar-refractivity contribution in [1.29, 1.82) is 0 Å². The van der Waals surface area contributed by atoms with Crippen molar-refractivity contribution >= 4 is 42.6 Å². The number of carbonyl (C=O) groups is 1. The molecule has 9 heteroatoms. The average molecular weight is 342 g/mol. The summed E-state index contributed by atoms with van der Waals surface area (Å²) in [4.78, 5) is 16.3. The molecule has 0 spiro atoms. The summed E-state index contributed by atoms with van der Waals surface area (Å²) in [5.74, 6) is -0.630. The number of benzene rings is 1. The van der Waals surface area contributed by atoms with Crippen LogP contribution < -0.4 is 10.6 Å². The number of likely N-dealkylation sites (N-methyl/N-ethyl adjacent to an activating group) is 1. The Hall–Kier alpha value is -1.55. The normalized spacial score (nSPS) is 12.0. The molecule has 0 bridgehead atoms. The average Bonchev–Trinajstić information content (AvgIpc) is 2.79. The number of nitrogens with one attached hydrogen (secondary N) is 2. The fourth-order valence-corrected chi connectivity index (χ4v) is 3.72. The summed E-state index contributed by atoms with van der Waals surface area (Å²) in [7, 11) is -0.578. The second-order valence-electron chi connectivity index (χ2n) is 4.90. The number of nitrogens with zero attached hydrogens (tertiary/aromatic N) is 2. The Balaban J connectivity index is 2.04. The highest BCUT2D eigenvalue weighted by Gasteiger charge is 2.20. The standard InChI is InChI=1S/C13H18N4O3S2/c1-9-4-5-10-11(6-9)21-13(15-10)16-12(18)7-17(3)22(19,20)8-14-2/h4-6,14H,7-8H2,1-3H3,(H,15,16,18). The Kier molecular flexibility index (Phi) is 5.12. The number of anilines is 1. The maximum Gasteiger partial charge on any atom is 0.241 e. The SMILES string of the molecule is CNCS(=O)(=O)N(C)CC(=O)Nc1nc2ccc(C)cc2s1. The number of hydrogen-bond acceptors (Lipinski definition) is 6. The van der Waals surface area contributed by atoms with Crippen LogP contribution in [0.5, 0.6) is 0 Å². The molecule has 2 N–H and O–H groups in total. The van der Waals surface area contributed by atoms with Crippen molar-refractivity contribution in [3.05, 3.63) is 23.8 Å². The van der Waals surface area contributed by atoms with Gasteiger partial charge in [0, 0.05) is 7.05 Å². The summed E-state index contributed by atoms with van der Waals surface area (Å²) in [6.45, 7) is 1.73. The van der Waals surface area contributed by atoms with Crippen molar-refractivity contribution in [1.82, 2.24) is 14.6 Å². The third-order valence-corrected chi connectivity index (χ3v) is 5.62. The van der Waals surface area contributed by atoms with Crippen LogP contribution in [0.4, 0.5) is 5.13 Å². The van der Waals surface area contributed by atoms with Crippen LogP contribution in [0.3, 0.4) is 0 Å². The highest BCUT2D eigenvalue weighted by molar-refractivity contribution is 7.89. The van der Waals surface area contributed by atoms with E-state index >= 15 is 0 Å². The second-order valence-corrected chi connectivity index (χ2v) is 8.01.